The van der Waals surface area contributed by atoms with Gasteiger partial charge in [0.15, 0.2) is 0 Å². The zero-order valence-corrected chi connectivity index (χ0v) is 11.0. The number of rotatable bonds is 4. The molecule has 3 heteroatoms. The first-order chi connectivity index (χ1) is 7.47. The predicted molar refractivity (Wildman–Crippen MR) is 67.4 cm³/mol. The van der Waals surface area contributed by atoms with E-state index in [0.29, 0.717) is 16.5 Å². The van der Waals surface area contributed by atoms with Crippen LogP contribution < -0.4 is 5.32 Å². The summed E-state index contributed by atoms with van der Waals surface area (Å²) in [5.74, 6) is 0.176. The zero-order valence-electron chi connectivity index (χ0n) is 10.3. The number of nitrogens with one attached hydrogen (secondary N) is 1. The van der Waals surface area contributed by atoms with E-state index < -0.39 is 0 Å². The standard InChI is InChI=1S/C13H19ClFN/c1-5-16-13(8(2)3)10-6-9(4)12(15)7-11(10)14/h6-8,13,16H,5H2,1-4H3. The Morgan fingerprint density at radius 2 is 2.00 bits per heavy atom. The van der Waals surface area contributed by atoms with Crippen molar-refractivity contribution >= 4 is 11.6 Å². The molecule has 0 spiro atoms. The van der Waals surface area contributed by atoms with E-state index in [2.05, 4.69) is 26.1 Å². The number of hydrogen-bond donors (Lipinski definition) is 1. The van der Waals surface area contributed by atoms with Gasteiger partial charge in [-0.05, 0) is 36.6 Å². The van der Waals surface area contributed by atoms with Gasteiger partial charge in [-0.15, -0.1) is 0 Å². The summed E-state index contributed by atoms with van der Waals surface area (Å²) in [6, 6.07) is 3.42. The van der Waals surface area contributed by atoms with Crippen molar-refractivity contribution in [2.75, 3.05) is 6.54 Å². The molecule has 0 amide bonds. The smallest absolute Gasteiger partial charge is 0.127 e. The summed E-state index contributed by atoms with van der Waals surface area (Å²) in [4.78, 5) is 0. The van der Waals surface area contributed by atoms with Crippen LogP contribution in [0.4, 0.5) is 4.39 Å². The SMILES string of the molecule is CCNC(c1cc(C)c(F)cc1Cl)C(C)C. The summed E-state index contributed by atoms with van der Waals surface area (Å²) in [5, 5.41) is 3.88. The van der Waals surface area contributed by atoms with Gasteiger partial charge in [0, 0.05) is 11.1 Å². The number of halogens is 2. The molecule has 1 aromatic carbocycles. The molecule has 1 unspecified atom stereocenters. The Hall–Kier alpha value is -0.600. The molecule has 1 aromatic rings. The minimum absolute atomic E-state index is 0.178. The molecular weight excluding hydrogens is 225 g/mol. The van der Waals surface area contributed by atoms with Gasteiger partial charge in [-0.3, -0.25) is 0 Å². The largest absolute Gasteiger partial charge is 0.310 e. The Morgan fingerprint density at radius 1 is 1.38 bits per heavy atom. The Labute approximate surface area is 102 Å². The predicted octanol–water partition coefficient (Wildman–Crippen LogP) is 4.09. The number of benzene rings is 1. The van der Waals surface area contributed by atoms with Gasteiger partial charge in [0.25, 0.3) is 0 Å². The van der Waals surface area contributed by atoms with E-state index in [0.717, 1.165) is 12.1 Å². The van der Waals surface area contributed by atoms with Crippen molar-refractivity contribution in [3.8, 4) is 0 Å². The molecular formula is C13H19ClFN. The molecule has 1 N–H and O–H groups in total. The third kappa shape index (κ3) is 2.96. The molecule has 1 rings (SSSR count). The summed E-state index contributed by atoms with van der Waals surface area (Å²) in [6.45, 7) is 8.94. The Balaban J connectivity index is 3.13. The summed E-state index contributed by atoms with van der Waals surface area (Å²) >= 11 is 6.10. The van der Waals surface area contributed by atoms with Gasteiger partial charge < -0.3 is 5.32 Å². The van der Waals surface area contributed by atoms with E-state index in [4.69, 9.17) is 11.6 Å². The molecule has 16 heavy (non-hydrogen) atoms. The molecule has 1 atom stereocenters. The lowest BCUT2D eigenvalue weighted by atomic mass is 9.94. The van der Waals surface area contributed by atoms with E-state index in [1.54, 1.807) is 6.92 Å². The van der Waals surface area contributed by atoms with Crippen LogP contribution in [-0.4, -0.2) is 6.54 Å². The van der Waals surface area contributed by atoms with Gasteiger partial charge in [0.05, 0.1) is 0 Å². The minimum atomic E-state index is -0.243. The van der Waals surface area contributed by atoms with E-state index in [9.17, 15) is 4.39 Å². The van der Waals surface area contributed by atoms with E-state index in [1.165, 1.54) is 6.07 Å². The molecule has 0 aliphatic carbocycles. The van der Waals surface area contributed by atoms with E-state index >= 15 is 0 Å². The molecule has 0 saturated heterocycles. The fourth-order valence-electron chi connectivity index (χ4n) is 1.84. The van der Waals surface area contributed by atoms with Crippen LogP contribution in [0, 0.1) is 18.7 Å². The summed E-state index contributed by atoms with van der Waals surface area (Å²) in [6.07, 6.45) is 0. The van der Waals surface area contributed by atoms with Crippen LogP contribution in [0.2, 0.25) is 5.02 Å². The van der Waals surface area contributed by atoms with Crippen molar-refractivity contribution in [1.29, 1.82) is 0 Å². The first-order valence-corrected chi connectivity index (χ1v) is 6.04. The average Bonchev–Trinajstić information content (AvgIpc) is 2.20. The first-order valence-electron chi connectivity index (χ1n) is 5.66. The normalized spacial score (nSPS) is 13.2. The van der Waals surface area contributed by atoms with E-state index in [-0.39, 0.29) is 11.9 Å². The first kappa shape index (κ1) is 13.5. The molecule has 0 fully saturated rings. The molecule has 90 valence electrons. The topological polar surface area (TPSA) is 12.0 Å². The van der Waals surface area contributed by atoms with Gasteiger partial charge in [-0.25, -0.2) is 4.39 Å². The van der Waals surface area contributed by atoms with Crippen molar-refractivity contribution in [3.63, 3.8) is 0 Å². The molecule has 0 bridgehead atoms. The summed E-state index contributed by atoms with van der Waals surface area (Å²) < 4.78 is 13.3. The third-order valence-corrected chi connectivity index (χ3v) is 3.03. The van der Waals surface area contributed by atoms with Crippen LogP contribution in [0.3, 0.4) is 0 Å². The fourth-order valence-corrected chi connectivity index (χ4v) is 2.11. The second-order valence-electron chi connectivity index (χ2n) is 4.40. The average molecular weight is 244 g/mol. The molecule has 0 heterocycles. The maximum Gasteiger partial charge on any atom is 0.127 e. The van der Waals surface area contributed by atoms with Crippen LogP contribution in [0.5, 0.6) is 0 Å². The van der Waals surface area contributed by atoms with Crippen LogP contribution in [0.25, 0.3) is 0 Å². The third-order valence-electron chi connectivity index (χ3n) is 2.70. The molecule has 0 aliphatic rings. The zero-order chi connectivity index (χ0) is 12.3. The van der Waals surface area contributed by atoms with Crippen molar-refractivity contribution in [2.45, 2.75) is 33.7 Å². The molecule has 0 radical (unpaired) electrons. The molecule has 1 nitrogen and oxygen atoms in total. The lowest BCUT2D eigenvalue weighted by Crippen LogP contribution is -2.25. The van der Waals surface area contributed by atoms with Gasteiger partial charge in [0.2, 0.25) is 0 Å². The highest BCUT2D eigenvalue weighted by molar-refractivity contribution is 6.31. The maximum atomic E-state index is 13.3. The van der Waals surface area contributed by atoms with Crippen molar-refractivity contribution in [2.24, 2.45) is 5.92 Å². The Morgan fingerprint density at radius 3 is 2.50 bits per heavy atom. The van der Waals surface area contributed by atoms with Crippen LogP contribution in [0.15, 0.2) is 12.1 Å². The maximum absolute atomic E-state index is 13.3. The highest BCUT2D eigenvalue weighted by atomic mass is 35.5. The lowest BCUT2D eigenvalue weighted by Gasteiger charge is -2.23. The van der Waals surface area contributed by atoms with Crippen molar-refractivity contribution in [3.05, 3.63) is 34.1 Å². The quantitative estimate of drug-likeness (QED) is 0.840. The highest BCUT2D eigenvalue weighted by Crippen LogP contribution is 2.30. The van der Waals surface area contributed by atoms with Gasteiger partial charge >= 0.3 is 0 Å². The molecule has 0 aromatic heterocycles. The Kier molecular flexibility index (Phi) is 4.75. The second-order valence-corrected chi connectivity index (χ2v) is 4.81. The number of hydrogen-bond acceptors (Lipinski definition) is 1. The molecule has 0 saturated carbocycles. The fraction of sp³-hybridized carbons (Fsp3) is 0.538. The van der Waals surface area contributed by atoms with E-state index in [1.807, 2.05) is 6.07 Å². The Bertz CT molecular complexity index is 363. The number of aryl methyl sites for hydroxylation is 1. The summed E-state index contributed by atoms with van der Waals surface area (Å²) in [5.41, 5.74) is 1.63. The van der Waals surface area contributed by atoms with Crippen LogP contribution in [-0.2, 0) is 0 Å². The van der Waals surface area contributed by atoms with Crippen LogP contribution in [0.1, 0.15) is 37.9 Å². The second kappa shape index (κ2) is 5.65. The van der Waals surface area contributed by atoms with Crippen LogP contribution >= 0.6 is 11.6 Å². The van der Waals surface area contributed by atoms with Crippen molar-refractivity contribution in [1.82, 2.24) is 5.32 Å². The lowest BCUT2D eigenvalue weighted by molar-refractivity contribution is 0.421. The highest BCUT2D eigenvalue weighted by Gasteiger charge is 2.18. The monoisotopic (exact) mass is 243 g/mol. The van der Waals surface area contributed by atoms with Gasteiger partial charge in [0.1, 0.15) is 5.82 Å². The summed E-state index contributed by atoms with van der Waals surface area (Å²) in [7, 11) is 0. The molecule has 0 aliphatic heterocycles. The van der Waals surface area contributed by atoms with Gasteiger partial charge in [-0.1, -0.05) is 38.4 Å². The van der Waals surface area contributed by atoms with Crippen molar-refractivity contribution < 1.29 is 4.39 Å². The minimum Gasteiger partial charge on any atom is -0.310 e. The van der Waals surface area contributed by atoms with Gasteiger partial charge in [-0.2, -0.15) is 0 Å².